The Kier molecular flexibility index (Phi) is 21.1. The number of carbonyl (C=O) groups is 6. The standard InChI is InChI=1S/C52H73N7O8/c1-6-7-17-38-24-26-39(27-25-38)32-59-29-28-53-47(60)44(35-66-33-40-18-11-8-12-19-40)56-48(61)43(31-54-52(65)67-34-41-20-13-9-14-21-41)55-50(63)46(42-22-15-10-16-23-42)57-49(62)45(30-36(2)3)58(5)51(64)37(59)4/h8-9,11-14,18-21,24-27,36-37,42-46H,6-7,10,15-17,22-23,28-35H2,1-5H3,(H,53,60)(H,54,65)(H,55,63)(H,56,61)(H,57,62)/t37-,43-,44-,45-,46-/m0/s1. The highest BCUT2D eigenvalue weighted by Crippen LogP contribution is 2.27. The summed E-state index contributed by atoms with van der Waals surface area (Å²) >= 11 is 0. The summed E-state index contributed by atoms with van der Waals surface area (Å²) < 4.78 is 11.4. The molecule has 1 saturated carbocycles. The van der Waals surface area contributed by atoms with Crippen molar-refractivity contribution < 1.29 is 38.2 Å². The fourth-order valence-electron chi connectivity index (χ4n) is 8.64. The molecule has 2 aliphatic rings. The first-order valence-electron chi connectivity index (χ1n) is 24.2. The van der Waals surface area contributed by atoms with Crippen molar-refractivity contribution in [2.45, 2.75) is 135 Å². The van der Waals surface area contributed by atoms with E-state index in [4.69, 9.17) is 9.47 Å². The van der Waals surface area contributed by atoms with Gasteiger partial charge in [0.25, 0.3) is 0 Å². The average Bonchev–Trinajstić information content (AvgIpc) is 3.34. The lowest BCUT2D eigenvalue weighted by molar-refractivity contribution is -0.144. The van der Waals surface area contributed by atoms with Crippen LogP contribution in [-0.4, -0.2) is 109 Å². The Labute approximate surface area is 396 Å². The number of nitrogens with zero attached hydrogens (tertiary/aromatic N) is 2. The molecule has 5 N–H and O–H groups in total. The van der Waals surface area contributed by atoms with Gasteiger partial charge >= 0.3 is 6.09 Å². The number of aryl methyl sites for hydroxylation is 1. The molecular weight excluding hydrogens is 851 g/mol. The summed E-state index contributed by atoms with van der Waals surface area (Å²) in [6, 6.07) is 21.5. The Balaban J connectivity index is 1.48. The van der Waals surface area contributed by atoms with E-state index in [0.717, 1.165) is 55.2 Å². The molecule has 15 nitrogen and oxygen atoms in total. The minimum Gasteiger partial charge on any atom is -0.445 e. The Morgan fingerprint density at radius 3 is 2.01 bits per heavy atom. The molecule has 1 heterocycles. The van der Waals surface area contributed by atoms with Gasteiger partial charge < -0.3 is 41.0 Å². The summed E-state index contributed by atoms with van der Waals surface area (Å²) in [7, 11) is 1.63. The predicted molar refractivity (Wildman–Crippen MR) is 257 cm³/mol. The van der Waals surface area contributed by atoms with Crippen LogP contribution in [0.15, 0.2) is 84.9 Å². The first-order valence-corrected chi connectivity index (χ1v) is 24.2. The Morgan fingerprint density at radius 2 is 1.37 bits per heavy atom. The molecular formula is C52H73N7O8. The summed E-state index contributed by atoms with van der Waals surface area (Å²) in [5, 5.41) is 14.2. The summed E-state index contributed by atoms with van der Waals surface area (Å²) in [4.78, 5) is 88.9. The number of amides is 6. The van der Waals surface area contributed by atoms with E-state index in [0.29, 0.717) is 25.8 Å². The van der Waals surface area contributed by atoms with Crippen LogP contribution in [0.1, 0.15) is 101 Å². The Morgan fingerprint density at radius 1 is 0.746 bits per heavy atom. The van der Waals surface area contributed by atoms with Crippen LogP contribution in [-0.2, 0) is 59.6 Å². The molecule has 6 amide bonds. The van der Waals surface area contributed by atoms with Gasteiger partial charge in [-0.3, -0.25) is 28.9 Å². The van der Waals surface area contributed by atoms with Crippen LogP contribution in [0, 0.1) is 11.8 Å². The van der Waals surface area contributed by atoms with E-state index in [-0.39, 0.29) is 50.7 Å². The molecule has 3 aromatic rings. The normalized spacial score (nSPS) is 22.2. The van der Waals surface area contributed by atoms with Gasteiger partial charge in [-0.2, -0.15) is 0 Å². The van der Waals surface area contributed by atoms with Crippen LogP contribution in [0.2, 0.25) is 0 Å². The number of benzene rings is 3. The van der Waals surface area contributed by atoms with Crippen molar-refractivity contribution in [2.75, 3.05) is 33.3 Å². The van der Waals surface area contributed by atoms with Gasteiger partial charge in [0.05, 0.1) is 25.8 Å². The van der Waals surface area contributed by atoms with Gasteiger partial charge in [0.2, 0.25) is 29.5 Å². The number of hydrogen-bond acceptors (Lipinski definition) is 9. The Hall–Kier alpha value is -5.80. The number of nitrogens with one attached hydrogen (secondary N) is 5. The summed E-state index contributed by atoms with van der Waals surface area (Å²) in [6.07, 6.45) is 6.68. The smallest absolute Gasteiger partial charge is 0.407 e. The molecule has 0 unspecified atom stereocenters. The van der Waals surface area contributed by atoms with E-state index in [1.54, 1.807) is 7.05 Å². The number of likely N-dealkylation sites (N-methyl/N-ethyl adjacent to an activating group) is 1. The average molecular weight is 924 g/mol. The van der Waals surface area contributed by atoms with E-state index in [1.807, 2.05) is 86.3 Å². The highest BCUT2D eigenvalue weighted by atomic mass is 16.5. The van der Waals surface area contributed by atoms with Crippen molar-refractivity contribution >= 4 is 35.6 Å². The fraction of sp³-hybridized carbons (Fsp3) is 0.538. The first-order chi connectivity index (χ1) is 32.3. The van der Waals surface area contributed by atoms with Crippen molar-refractivity contribution in [2.24, 2.45) is 11.8 Å². The molecule has 364 valence electrons. The third kappa shape index (κ3) is 16.8. The lowest BCUT2D eigenvalue weighted by Gasteiger charge is -2.37. The second-order valence-electron chi connectivity index (χ2n) is 18.4. The maximum atomic E-state index is 14.6. The molecule has 0 radical (unpaired) electrons. The van der Waals surface area contributed by atoms with Gasteiger partial charge in [-0.15, -0.1) is 0 Å². The molecule has 1 saturated heterocycles. The van der Waals surface area contributed by atoms with Gasteiger partial charge in [0, 0.05) is 26.7 Å². The second-order valence-corrected chi connectivity index (χ2v) is 18.4. The molecule has 0 spiro atoms. The van der Waals surface area contributed by atoms with E-state index in [9.17, 15) is 28.8 Å². The summed E-state index contributed by atoms with van der Waals surface area (Å²) in [6.45, 7) is 8.20. The maximum Gasteiger partial charge on any atom is 0.407 e. The van der Waals surface area contributed by atoms with Gasteiger partial charge in [0.15, 0.2) is 0 Å². The quantitative estimate of drug-likeness (QED) is 0.125. The lowest BCUT2D eigenvalue weighted by atomic mass is 9.83. The van der Waals surface area contributed by atoms with E-state index in [1.165, 1.54) is 10.5 Å². The minimum absolute atomic E-state index is 0.0177. The number of rotatable bonds is 16. The summed E-state index contributed by atoms with van der Waals surface area (Å²) in [5.41, 5.74) is 3.83. The van der Waals surface area contributed by atoms with E-state index < -0.39 is 66.5 Å². The number of ether oxygens (including phenoxy) is 2. The van der Waals surface area contributed by atoms with Crippen molar-refractivity contribution in [3.63, 3.8) is 0 Å². The second kappa shape index (κ2) is 27.1. The number of carbonyl (C=O) groups excluding carboxylic acids is 6. The molecule has 0 bridgehead atoms. The van der Waals surface area contributed by atoms with Gasteiger partial charge in [-0.25, -0.2) is 4.79 Å². The van der Waals surface area contributed by atoms with Gasteiger partial charge in [-0.05, 0) is 73.1 Å². The SMILES string of the molecule is CCCCc1ccc(CN2CCNC(=O)[C@H](COCc3ccccc3)NC(=O)[C@H](CNC(=O)OCc3ccccc3)NC(=O)[C@H](C3CCCCC3)NC(=O)[C@H](CC(C)C)N(C)C(=O)[C@@H]2C)cc1. The van der Waals surface area contributed by atoms with Crippen molar-refractivity contribution in [3.8, 4) is 0 Å². The molecule has 15 heteroatoms. The van der Waals surface area contributed by atoms with Crippen LogP contribution >= 0.6 is 0 Å². The zero-order valence-corrected chi connectivity index (χ0v) is 40.1. The summed E-state index contributed by atoms with van der Waals surface area (Å²) in [5.74, 6) is -2.91. The van der Waals surface area contributed by atoms with Gasteiger partial charge in [-0.1, -0.05) is 131 Å². The largest absolute Gasteiger partial charge is 0.445 e. The number of unbranched alkanes of at least 4 members (excludes halogenated alkanes) is 1. The van der Waals surface area contributed by atoms with Crippen molar-refractivity contribution in [3.05, 3.63) is 107 Å². The molecule has 3 aromatic carbocycles. The fourth-order valence-corrected chi connectivity index (χ4v) is 8.64. The predicted octanol–water partition coefficient (Wildman–Crippen LogP) is 5.40. The monoisotopic (exact) mass is 924 g/mol. The van der Waals surface area contributed by atoms with Crippen LogP contribution < -0.4 is 26.6 Å². The van der Waals surface area contributed by atoms with Gasteiger partial charge in [0.1, 0.15) is 30.8 Å². The highest BCUT2D eigenvalue weighted by Gasteiger charge is 2.39. The maximum absolute atomic E-state index is 14.6. The third-order valence-electron chi connectivity index (χ3n) is 12.7. The molecule has 67 heavy (non-hydrogen) atoms. The molecule has 5 atom stereocenters. The molecule has 1 aliphatic heterocycles. The molecule has 5 rings (SSSR count). The zero-order valence-electron chi connectivity index (χ0n) is 40.1. The molecule has 2 fully saturated rings. The third-order valence-corrected chi connectivity index (χ3v) is 12.7. The number of alkyl carbamates (subject to hydrolysis) is 1. The Bertz CT molecular complexity index is 2030. The van der Waals surface area contributed by atoms with E-state index in [2.05, 4.69) is 57.8 Å². The van der Waals surface area contributed by atoms with Crippen molar-refractivity contribution in [1.29, 1.82) is 0 Å². The molecule has 1 aliphatic carbocycles. The van der Waals surface area contributed by atoms with Crippen LogP contribution in [0.3, 0.4) is 0 Å². The van der Waals surface area contributed by atoms with Crippen LogP contribution in [0.5, 0.6) is 0 Å². The minimum atomic E-state index is -1.40. The zero-order chi connectivity index (χ0) is 48.1. The van der Waals surface area contributed by atoms with E-state index >= 15 is 0 Å². The van der Waals surface area contributed by atoms with Crippen LogP contribution in [0.4, 0.5) is 4.79 Å². The lowest BCUT2D eigenvalue weighted by Crippen LogP contribution is -2.63. The van der Waals surface area contributed by atoms with Crippen molar-refractivity contribution in [1.82, 2.24) is 36.4 Å². The molecule has 0 aromatic heterocycles. The number of hydrogen-bond donors (Lipinski definition) is 5. The highest BCUT2D eigenvalue weighted by molar-refractivity contribution is 5.96. The first kappa shape index (κ1) is 52.2. The topological polar surface area (TPSA) is 188 Å². The van der Waals surface area contributed by atoms with Crippen LogP contribution in [0.25, 0.3) is 0 Å².